The molecule has 0 aliphatic rings. The van der Waals surface area contributed by atoms with Crippen molar-refractivity contribution in [3.05, 3.63) is 37.8 Å². The molecule has 0 amide bonds. The van der Waals surface area contributed by atoms with E-state index in [4.69, 9.17) is 11.6 Å². The molecule has 0 spiro atoms. The lowest BCUT2D eigenvalue weighted by Crippen LogP contribution is -2.01. The molecule has 0 atom stereocenters. The molecule has 2 rings (SSSR count). The maximum absolute atomic E-state index is 5.77. The normalized spacial score (nSPS) is 10.4. The number of nitrogens with zero attached hydrogens (tertiary/aromatic N) is 2. The molecular weight excluding hydrogens is 310 g/mol. The largest absolute Gasteiger partial charge is 0.365 e. The third kappa shape index (κ3) is 3.17. The first-order chi connectivity index (χ1) is 7.63. The zero-order chi connectivity index (χ0) is 11.5. The zero-order valence-corrected chi connectivity index (χ0v) is 11.7. The average Bonchev–Trinajstić information content (AvgIpc) is 2.60. The van der Waals surface area contributed by atoms with Crippen LogP contribution in [0, 0.1) is 6.92 Å². The monoisotopic (exact) mass is 317 g/mol. The number of rotatable bonds is 3. The molecule has 2 heterocycles. The Labute approximate surface area is 111 Å². The number of aryl methyl sites for hydroxylation is 1. The highest BCUT2D eigenvalue weighted by atomic mass is 79.9. The Hall–Kier alpha value is -0.650. The highest BCUT2D eigenvalue weighted by Gasteiger charge is 2.01. The summed E-state index contributed by atoms with van der Waals surface area (Å²) in [7, 11) is 0. The van der Waals surface area contributed by atoms with Crippen molar-refractivity contribution in [2.45, 2.75) is 13.5 Å². The highest BCUT2D eigenvalue weighted by molar-refractivity contribution is 9.11. The first-order valence-electron chi connectivity index (χ1n) is 4.63. The van der Waals surface area contributed by atoms with E-state index in [0.717, 1.165) is 21.8 Å². The summed E-state index contributed by atoms with van der Waals surface area (Å²) in [6, 6.07) is 5.96. The van der Waals surface area contributed by atoms with Crippen LogP contribution in [-0.2, 0) is 6.54 Å². The summed E-state index contributed by atoms with van der Waals surface area (Å²) in [6.45, 7) is 2.63. The smallest absolute Gasteiger partial charge is 0.224 e. The van der Waals surface area contributed by atoms with Crippen LogP contribution in [0.15, 0.2) is 22.0 Å². The number of halogens is 2. The lowest BCUT2D eigenvalue weighted by atomic mass is 10.4. The maximum atomic E-state index is 5.77. The summed E-state index contributed by atoms with van der Waals surface area (Å²) >= 11 is 10.9. The summed E-state index contributed by atoms with van der Waals surface area (Å²) in [5.74, 6) is 0.752. The molecular formula is C10H9BrClN3S. The van der Waals surface area contributed by atoms with Gasteiger partial charge in [0.05, 0.1) is 10.3 Å². The van der Waals surface area contributed by atoms with Crippen molar-refractivity contribution in [1.29, 1.82) is 0 Å². The second kappa shape index (κ2) is 5.12. The van der Waals surface area contributed by atoms with E-state index in [0.29, 0.717) is 0 Å². The second-order valence-electron chi connectivity index (χ2n) is 3.22. The zero-order valence-electron chi connectivity index (χ0n) is 8.50. The molecule has 0 aliphatic carbocycles. The van der Waals surface area contributed by atoms with Gasteiger partial charge in [-0.05, 0) is 46.6 Å². The minimum absolute atomic E-state index is 0.273. The third-order valence-corrected chi connectivity index (χ3v) is 3.69. The van der Waals surface area contributed by atoms with Gasteiger partial charge >= 0.3 is 0 Å². The maximum Gasteiger partial charge on any atom is 0.224 e. The molecule has 3 nitrogen and oxygen atoms in total. The average molecular weight is 319 g/mol. The van der Waals surface area contributed by atoms with Crippen LogP contribution in [0.5, 0.6) is 0 Å². The lowest BCUT2D eigenvalue weighted by Gasteiger charge is -2.04. The number of hydrogen-bond donors (Lipinski definition) is 1. The lowest BCUT2D eigenvalue weighted by molar-refractivity contribution is 1.06. The fourth-order valence-corrected chi connectivity index (χ4v) is 2.89. The molecule has 0 saturated carbocycles. The van der Waals surface area contributed by atoms with Crippen molar-refractivity contribution < 1.29 is 0 Å². The SMILES string of the molecule is Cc1cc(NCc2ccc(Br)s2)nc(Cl)n1. The van der Waals surface area contributed by atoms with E-state index in [1.807, 2.05) is 19.1 Å². The molecule has 16 heavy (non-hydrogen) atoms. The predicted molar refractivity (Wildman–Crippen MR) is 71.1 cm³/mol. The molecule has 84 valence electrons. The molecule has 0 fully saturated rings. The third-order valence-electron chi connectivity index (χ3n) is 1.90. The first kappa shape index (κ1) is 11.8. The van der Waals surface area contributed by atoms with Crippen molar-refractivity contribution in [2.75, 3.05) is 5.32 Å². The number of aromatic nitrogens is 2. The van der Waals surface area contributed by atoms with Gasteiger partial charge in [-0.2, -0.15) is 0 Å². The molecule has 0 unspecified atom stereocenters. The van der Waals surface area contributed by atoms with Gasteiger partial charge in [0.15, 0.2) is 0 Å². The Morgan fingerprint density at radius 3 is 2.88 bits per heavy atom. The van der Waals surface area contributed by atoms with Gasteiger partial charge < -0.3 is 5.32 Å². The van der Waals surface area contributed by atoms with E-state index in [1.165, 1.54) is 4.88 Å². The highest BCUT2D eigenvalue weighted by Crippen LogP contribution is 2.22. The van der Waals surface area contributed by atoms with Crippen molar-refractivity contribution in [3.63, 3.8) is 0 Å². The van der Waals surface area contributed by atoms with Crippen LogP contribution >= 0.6 is 38.9 Å². The standard InChI is InChI=1S/C10H9BrClN3S/c1-6-4-9(15-10(12)14-6)13-5-7-2-3-8(11)16-7/h2-4H,5H2,1H3,(H,13,14,15). The Bertz CT molecular complexity index is 480. The second-order valence-corrected chi connectivity index (χ2v) is 6.11. The van der Waals surface area contributed by atoms with Crippen LogP contribution in [0.1, 0.15) is 10.6 Å². The van der Waals surface area contributed by atoms with Gasteiger partial charge in [-0.25, -0.2) is 9.97 Å². The van der Waals surface area contributed by atoms with Gasteiger partial charge in [-0.1, -0.05) is 0 Å². The molecule has 0 saturated heterocycles. The number of anilines is 1. The molecule has 0 aliphatic heterocycles. The number of nitrogens with one attached hydrogen (secondary N) is 1. The van der Waals surface area contributed by atoms with Crippen LogP contribution in [0.2, 0.25) is 5.28 Å². The van der Waals surface area contributed by atoms with Gasteiger partial charge in [0.2, 0.25) is 5.28 Å². The molecule has 0 bridgehead atoms. The van der Waals surface area contributed by atoms with Crippen LogP contribution < -0.4 is 5.32 Å². The van der Waals surface area contributed by atoms with Crippen LogP contribution in [0.25, 0.3) is 0 Å². The topological polar surface area (TPSA) is 37.8 Å². The van der Waals surface area contributed by atoms with Crippen molar-refractivity contribution in [3.8, 4) is 0 Å². The fraction of sp³-hybridized carbons (Fsp3) is 0.200. The van der Waals surface area contributed by atoms with Gasteiger partial charge in [0, 0.05) is 16.6 Å². The molecule has 6 heteroatoms. The summed E-state index contributed by atoms with van der Waals surface area (Å²) < 4.78 is 1.13. The molecule has 1 N–H and O–H groups in total. The van der Waals surface area contributed by atoms with E-state index in [2.05, 4.69) is 37.3 Å². The fourth-order valence-electron chi connectivity index (χ4n) is 1.25. The summed E-state index contributed by atoms with van der Waals surface area (Å²) in [6.07, 6.45) is 0. The Kier molecular flexibility index (Phi) is 3.78. The van der Waals surface area contributed by atoms with E-state index in [9.17, 15) is 0 Å². The van der Waals surface area contributed by atoms with Crippen LogP contribution in [-0.4, -0.2) is 9.97 Å². The van der Waals surface area contributed by atoms with E-state index < -0.39 is 0 Å². The summed E-state index contributed by atoms with van der Waals surface area (Å²) in [5, 5.41) is 3.48. The number of thiophene rings is 1. The Morgan fingerprint density at radius 2 is 2.25 bits per heavy atom. The summed E-state index contributed by atoms with van der Waals surface area (Å²) in [5.41, 5.74) is 0.856. The van der Waals surface area contributed by atoms with E-state index in [1.54, 1.807) is 11.3 Å². The minimum atomic E-state index is 0.273. The minimum Gasteiger partial charge on any atom is -0.365 e. The van der Waals surface area contributed by atoms with E-state index >= 15 is 0 Å². The molecule has 0 aromatic carbocycles. The Morgan fingerprint density at radius 1 is 1.44 bits per heavy atom. The van der Waals surface area contributed by atoms with Crippen LogP contribution in [0.3, 0.4) is 0 Å². The van der Waals surface area contributed by atoms with Crippen molar-refractivity contribution in [1.82, 2.24) is 9.97 Å². The van der Waals surface area contributed by atoms with Gasteiger partial charge in [0.1, 0.15) is 5.82 Å². The van der Waals surface area contributed by atoms with Crippen LogP contribution in [0.4, 0.5) is 5.82 Å². The first-order valence-corrected chi connectivity index (χ1v) is 6.61. The molecule has 0 radical (unpaired) electrons. The van der Waals surface area contributed by atoms with Crippen molar-refractivity contribution >= 4 is 44.7 Å². The van der Waals surface area contributed by atoms with E-state index in [-0.39, 0.29) is 5.28 Å². The van der Waals surface area contributed by atoms with Gasteiger partial charge in [-0.15, -0.1) is 11.3 Å². The van der Waals surface area contributed by atoms with Gasteiger partial charge in [0.25, 0.3) is 0 Å². The number of hydrogen-bond acceptors (Lipinski definition) is 4. The van der Waals surface area contributed by atoms with Crippen molar-refractivity contribution in [2.24, 2.45) is 0 Å². The predicted octanol–water partition coefficient (Wildman–Crippen LogP) is 3.87. The molecule has 2 aromatic heterocycles. The quantitative estimate of drug-likeness (QED) is 0.873. The summed E-state index contributed by atoms with van der Waals surface area (Å²) in [4.78, 5) is 9.33. The molecule has 2 aromatic rings. The Balaban J connectivity index is 2.04. The van der Waals surface area contributed by atoms with Gasteiger partial charge in [-0.3, -0.25) is 0 Å².